The average molecular weight is 717 g/mol. The molecule has 0 amide bonds. The molecule has 0 unspecified atom stereocenters. The maximum Gasteiger partial charge on any atom is 0.164 e. The number of aromatic nitrogens is 4. The van der Waals surface area contributed by atoms with Crippen LogP contribution in [-0.2, 0) is 5.41 Å². The van der Waals surface area contributed by atoms with E-state index in [0.717, 1.165) is 55.8 Å². The van der Waals surface area contributed by atoms with Gasteiger partial charge in [-0.2, -0.15) is 0 Å². The van der Waals surface area contributed by atoms with E-state index in [1.54, 1.807) is 0 Å². The Morgan fingerprint density at radius 1 is 0.357 bits per heavy atom. The number of nitrogens with zero attached hydrogens (tertiary/aromatic N) is 4. The average Bonchev–Trinajstić information content (AvgIpc) is 3.58. The van der Waals surface area contributed by atoms with E-state index in [9.17, 15) is 0 Å². The Labute approximate surface area is 326 Å². The van der Waals surface area contributed by atoms with E-state index in [1.165, 1.54) is 22.3 Å². The zero-order valence-electron chi connectivity index (χ0n) is 30.8. The van der Waals surface area contributed by atoms with Gasteiger partial charge in [0.05, 0.1) is 5.41 Å². The fourth-order valence-electron chi connectivity index (χ4n) is 8.44. The fraction of sp³-hybridized carbons (Fsp3) is 0.0385. The molecule has 0 saturated heterocycles. The molecule has 0 spiro atoms. The molecule has 10 rings (SSSR count). The minimum atomic E-state index is -0.615. The second-order valence-corrected chi connectivity index (χ2v) is 14.3. The summed E-state index contributed by atoms with van der Waals surface area (Å²) in [6, 6.07) is 68.9. The molecule has 264 valence electrons. The summed E-state index contributed by atoms with van der Waals surface area (Å²) >= 11 is 0. The predicted octanol–water partition coefficient (Wildman–Crippen LogP) is 12.3. The third kappa shape index (κ3) is 5.62. The maximum atomic E-state index is 5.23. The van der Waals surface area contributed by atoms with E-state index < -0.39 is 5.41 Å². The van der Waals surface area contributed by atoms with E-state index in [-0.39, 0.29) is 0 Å². The molecule has 56 heavy (non-hydrogen) atoms. The van der Waals surface area contributed by atoms with Crippen molar-refractivity contribution in [3.8, 4) is 67.5 Å². The molecule has 7 aromatic carbocycles. The third-order valence-corrected chi connectivity index (χ3v) is 10.9. The highest BCUT2D eigenvalue weighted by molar-refractivity contribution is 5.96. The lowest BCUT2D eigenvalue weighted by molar-refractivity contribution is 0.769. The normalized spacial score (nSPS) is 12.5. The summed E-state index contributed by atoms with van der Waals surface area (Å²) in [6.45, 7) is 2.04. The number of benzene rings is 7. The Balaban J connectivity index is 1.25. The predicted molar refractivity (Wildman–Crippen MR) is 227 cm³/mol. The summed E-state index contributed by atoms with van der Waals surface area (Å²) in [6.07, 6.45) is 1.88. The van der Waals surface area contributed by atoms with Crippen molar-refractivity contribution in [1.82, 2.24) is 19.9 Å². The first-order valence-corrected chi connectivity index (χ1v) is 19.0. The smallest absolute Gasteiger partial charge is 0.164 e. The Morgan fingerprint density at radius 2 is 0.857 bits per heavy atom. The maximum absolute atomic E-state index is 5.23. The number of pyridine rings is 1. The Kier molecular flexibility index (Phi) is 8.23. The van der Waals surface area contributed by atoms with E-state index in [1.807, 2.05) is 49.5 Å². The highest BCUT2D eigenvalue weighted by Gasteiger charge is 2.47. The van der Waals surface area contributed by atoms with Gasteiger partial charge in [-0.1, -0.05) is 170 Å². The van der Waals surface area contributed by atoms with Crippen LogP contribution in [0.5, 0.6) is 0 Å². The zero-order chi connectivity index (χ0) is 37.5. The number of fused-ring (bicyclic) bond motifs is 3. The molecule has 1 aliphatic carbocycles. The summed E-state index contributed by atoms with van der Waals surface area (Å²) < 4.78 is 0. The van der Waals surface area contributed by atoms with Crippen LogP contribution < -0.4 is 0 Å². The molecular formula is C52H36N4. The van der Waals surface area contributed by atoms with Crippen LogP contribution in [0.4, 0.5) is 0 Å². The molecule has 1 aliphatic rings. The molecule has 9 aromatic rings. The van der Waals surface area contributed by atoms with Gasteiger partial charge in [0.25, 0.3) is 0 Å². The zero-order valence-corrected chi connectivity index (χ0v) is 30.8. The number of aryl methyl sites for hydroxylation is 1. The van der Waals surface area contributed by atoms with Gasteiger partial charge in [0, 0.05) is 28.6 Å². The molecule has 0 bridgehead atoms. The third-order valence-electron chi connectivity index (χ3n) is 10.9. The summed E-state index contributed by atoms with van der Waals surface area (Å²) in [4.78, 5) is 19.9. The van der Waals surface area contributed by atoms with E-state index in [2.05, 4.69) is 163 Å². The van der Waals surface area contributed by atoms with Crippen LogP contribution in [0.2, 0.25) is 0 Å². The molecule has 4 nitrogen and oxygen atoms in total. The fourth-order valence-corrected chi connectivity index (χ4v) is 8.44. The first-order chi connectivity index (χ1) is 27.7. The van der Waals surface area contributed by atoms with Gasteiger partial charge in [-0.3, -0.25) is 4.98 Å². The Bertz CT molecular complexity index is 2760. The summed E-state index contributed by atoms with van der Waals surface area (Å²) in [5, 5.41) is 0. The topological polar surface area (TPSA) is 51.6 Å². The van der Waals surface area contributed by atoms with Crippen molar-refractivity contribution in [2.75, 3.05) is 0 Å². The molecule has 2 aromatic heterocycles. The second kappa shape index (κ2) is 13.8. The molecule has 2 heterocycles. The lowest BCUT2D eigenvalue weighted by Crippen LogP contribution is -2.28. The van der Waals surface area contributed by atoms with Crippen molar-refractivity contribution in [3.05, 3.63) is 228 Å². The molecule has 0 N–H and O–H groups in total. The lowest BCUT2D eigenvalue weighted by Gasteiger charge is -2.34. The highest BCUT2D eigenvalue weighted by atomic mass is 15.0. The summed E-state index contributed by atoms with van der Waals surface area (Å²) in [7, 11) is 0. The van der Waals surface area contributed by atoms with Crippen LogP contribution >= 0.6 is 0 Å². The molecule has 4 heteroatoms. The summed E-state index contributed by atoms with van der Waals surface area (Å²) in [5.74, 6) is 1.92. The van der Waals surface area contributed by atoms with Crippen LogP contribution in [0.25, 0.3) is 67.5 Å². The van der Waals surface area contributed by atoms with Gasteiger partial charge >= 0.3 is 0 Å². The highest BCUT2D eigenvalue weighted by Crippen LogP contribution is 2.58. The van der Waals surface area contributed by atoms with Crippen LogP contribution in [0.15, 0.2) is 200 Å². The molecule has 0 radical (unpaired) electrons. The van der Waals surface area contributed by atoms with Crippen molar-refractivity contribution in [3.63, 3.8) is 0 Å². The van der Waals surface area contributed by atoms with Crippen molar-refractivity contribution in [2.45, 2.75) is 12.3 Å². The van der Waals surface area contributed by atoms with Crippen LogP contribution in [0.3, 0.4) is 0 Å². The van der Waals surface area contributed by atoms with E-state index in [4.69, 9.17) is 15.0 Å². The molecule has 0 atom stereocenters. The second-order valence-electron chi connectivity index (χ2n) is 14.3. The molecular weight excluding hydrogens is 681 g/mol. The first kappa shape index (κ1) is 33.3. The monoisotopic (exact) mass is 716 g/mol. The standard InChI is InChI=1S/C52H36N4/c1-35-32-41(30-31-53-35)39-21-14-20-38(33-39)40-28-29-44-47(34-40)52(42-22-10-4-11-23-42,43-24-12-5-13-25-43)46-27-15-26-45(48(44)46)51-55-49(36-16-6-2-7-17-36)54-50(56-51)37-18-8-3-9-19-37/h2-34H,1H3. The van der Waals surface area contributed by atoms with Crippen LogP contribution in [-0.4, -0.2) is 19.9 Å². The van der Waals surface area contributed by atoms with Crippen molar-refractivity contribution in [1.29, 1.82) is 0 Å². The van der Waals surface area contributed by atoms with Gasteiger partial charge in [0.2, 0.25) is 0 Å². The van der Waals surface area contributed by atoms with Crippen LogP contribution in [0, 0.1) is 6.92 Å². The van der Waals surface area contributed by atoms with Gasteiger partial charge in [-0.05, 0) is 86.8 Å². The Morgan fingerprint density at radius 3 is 1.45 bits per heavy atom. The number of rotatable bonds is 7. The van der Waals surface area contributed by atoms with Crippen molar-refractivity contribution < 1.29 is 0 Å². The number of hydrogen-bond acceptors (Lipinski definition) is 4. The van der Waals surface area contributed by atoms with Crippen LogP contribution in [0.1, 0.15) is 27.9 Å². The molecule has 0 fully saturated rings. The molecule has 0 saturated carbocycles. The Hall–Kier alpha value is -7.30. The van der Waals surface area contributed by atoms with Gasteiger partial charge < -0.3 is 0 Å². The van der Waals surface area contributed by atoms with Gasteiger partial charge in [-0.15, -0.1) is 0 Å². The minimum Gasteiger partial charge on any atom is -0.262 e. The van der Waals surface area contributed by atoms with E-state index in [0.29, 0.717) is 17.5 Å². The van der Waals surface area contributed by atoms with Crippen molar-refractivity contribution in [2.24, 2.45) is 0 Å². The molecule has 0 aliphatic heterocycles. The number of hydrogen-bond donors (Lipinski definition) is 0. The SMILES string of the molecule is Cc1cc(-c2cccc(-c3ccc4c(c3)C(c3ccccc3)(c3ccccc3)c3cccc(-c5nc(-c6ccccc6)nc(-c6ccccc6)n5)c3-4)c2)ccn1. The lowest BCUT2D eigenvalue weighted by atomic mass is 9.67. The summed E-state index contributed by atoms with van der Waals surface area (Å²) in [5.41, 5.74) is 15.0. The quantitative estimate of drug-likeness (QED) is 0.165. The van der Waals surface area contributed by atoms with Gasteiger partial charge in [0.15, 0.2) is 17.5 Å². The minimum absolute atomic E-state index is 0.615. The first-order valence-electron chi connectivity index (χ1n) is 19.0. The largest absolute Gasteiger partial charge is 0.262 e. The van der Waals surface area contributed by atoms with Gasteiger partial charge in [-0.25, -0.2) is 15.0 Å². The van der Waals surface area contributed by atoms with E-state index >= 15 is 0 Å². The van der Waals surface area contributed by atoms with Crippen molar-refractivity contribution >= 4 is 0 Å². The van der Waals surface area contributed by atoms with Gasteiger partial charge in [0.1, 0.15) is 0 Å².